The molecule has 4 heteroatoms. The quantitative estimate of drug-likeness (QED) is 0.324. The van der Waals surface area contributed by atoms with E-state index in [1.165, 1.54) is 25.7 Å². The Balaban J connectivity index is 1.72. The van der Waals surface area contributed by atoms with E-state index in [1.807, 2.05) is 42.5 Å². The van der Waals surface area contributed by atoms with Gasteiger partial charge in [0.1, 0.15) is 11.5 Å². The number of unbranched alkanes of at least 4 members (excludes halogenated alkanes) is 5. The first-order valence-electron chi connectivity index (χ1n) is 11.0. The maximum atomic E-state index is 11.7. The molecule has 0 amide bonds. The number of hydrogen-bond acceptors (Lipinski definition) is 3. The van der Waals surface area contributed by atoms with Gasteiger partial charge in [0.25, 0.3) is 0 Å². The van der Waals surface area contributed by atoms with Crippen LogP contribution in [0.1, 0.15) is 55.8 Å². The summed E-state index contributed by atoms with van der Waals surface area (Å²) in [5.41, 5.74) is 3.70. The molecule has 3 rings (SSSR count). The molecule has 0 bridgehead atoms. The average Bonchev–Trinajstić information content (AvgIpc) is 2.79. The highest BCUT2D eigenvalue weighted by Gasteiger charge is 2.13. The SMILES string of the molecule is CCCCCCCCOc1ccc(C(=O)O)c(-c2ccc(-c3ccc(O)cc3)cc2)c1. The Morgan fingerprint density at radius 3 is 2.00 bits per heavy atom. The first-order valence-corrected chi connectivity index (χ1v) is 11.0. The van der Waals surface area contributed by atoms with E-state index in [0.717, 1.165) is 29.5 Å². The molecule has 31 heavy (non-hydrogen) atoms. The standard InChI is InChI=1S/C27H30O4/c1-2-3-4-5-6-7-18-31-24-16-17-25(27(29)30)26(19-24)22-10-8-20(9-11-22)21-12-14-23(28)15-13-21/h8-17,19,28H,2-7,18H2,1H3,(H,29,30). The lowest BCUT2D eigenvalue weighted by atomic mass is 9.96. The van der Waals surface area contributed by atoms with Gasteiger partial charge in [0.15, 0.2) is 0 Å². The molecule has 162 valence electrons. The second-order valence-electron chi connectivity index (χ2n) is 7.75. The van der Waals surface area contributed by atoms with Crippen molar-refractivity contribution in [3.63, 3.8) is 0 Å². The molecule has 4 nitrogen and oxygen atoms in total. The summed E-state index contributed by atoms with van der Waals surface area (Å²) in [5.74, 6) is -0.0412. The first kappa shape index (κ1) is 22.4. The minimum atomic E-state index is -0.958. The number of phenolic OH excluding ortho intramolecular Hbond substituents is 1. The van der Waals surface area contributed by atoms with Crippen molar-refractivity contribution in [2.24, 2.45) is 0 Å². The summed E-state index contributed by atoms with van der Waals surface area (Å²) in [6.45, 7) is 2.85. The van der Waals surface area contributed by atoms with Crippen LogP contribution >= 0.6 is 0 Å². The third-order valence-electron chi connectivity index (χ3n) is 5.38. The number of carboxylic acids is 1. The zero-order chi connectivity index (χ0) is 22.1. The van der Waals surface area contributed by atoms with E-state index in [4.69, 9.17) is 4.74 Å². The highest BCUT2D eigenvalue weighted by molar-refractivity contribution is 5.96. The Bertz CT molecular complexity index is 975. The molecule has 0 saturated carbocycles. The molecule has 0 aromatic heterocycles. The summed E-state index contributed by atoms with van der Waals surface area (Å²) in [6, 6.07) is 19.9. The number of hydrogen-bond donors (Lipinski definition) is 2. The predicted molar refractivity (Wildman–Crippen MR) is 125 cm³/mol. The van der Waals surface area contributed by atoms with Gasteiger partial charge in [-0.1, -0.05) is 75.4 Å². The van der Waals surface area contributed by atoms with Crippen molar-refractivity contribution in [3.05, 3.63) is 72.3 Å². The second kappa shape index (κ2) is 11.2. The number of aromatic carboxylic acids is 1. The van der Waals surface area contributed by atoms with Gasteiger partial charge in [-0.05, 0) is 59.0 Å². The van der Waals surface area contributed by atoms with Gasteiger partial charge in [-0.2, -0.15) is 0 Å². The largest absolute Gasteiger partial charge is 0.508 e. The van der Waals surface area contributed by atoms with E-state index >= 15 is 0 Å². The Morgan fingerprint density at radius 1 is 0.774 bits per heavy atom. The Kier molecular flexibility index (Phi) is 8.11. The number of benzene rings is 3. The molecular formula is C27H30O4. The molecule has 0 heterocycles. The van der Waals surface area contributed by atoms with Crippen LogP contribution in [-0.2, 0) is 0 Å². The van der Waals surface area contributed by atoms with Crippen molar-refractivity contribution >= 4 is 5.97 Å². The topological polar surface area (TPSA) is 66.8 Å². The minimum Gasteiger partial charge on any atom is -0.508 e. The fourth-order valence-electron chi connectivity index (χ4n) is 3.61. The van der Waals surface area contributed by atoms with Crippen molar-refractivity contribution in [1.29, 1.82) is 0 Å². The predicted octanol–water partition coefficient (Wildman–Crippen LogP) is 7.16. The summed E-state index contributed by atoms with van der Waals surface area (Å²) in [7, 11) is 0. The molecule has 0 aliphatic rings. The summed E-state index contributed by atoms with van der Waals surface area (Å²) in [6.07, 6.45) is 7.18. The lowest BCUT2D eigenvalue weighted by Crippen LogP contribution is -2.02. The Morgan fingerprint density at radius 2 is 1.35 bits per heavy atom. The van der Waals surface area contributed by atoms with Gasteiger partial charge in [-0.3, -0.25) is 0 Å². The number of rotatable bonds is 11. The highest BCUT2D eigenvalue weighted by atomic mass is 16.5. The van der Waals surface area contributed by atoms with Crippen LogP contribution in [0.5, 0.6) is 11.5 Å². The second-order valence-corrected chi connectivity index (χ2v) is 7.75. The monoisotopic (exact) mass is 418 g/mol. The van der Waals surface area contributed by atoms with Crippen molar-refractivity contribution in [2.45, 2.75) is 45.4 Å². The molecule has 0 fully saturated rings. The van der Waals surface area contributed by atoms with Crippen LogP contribution in [0.4, 0.5) is 0 Å². The van der Waals surface area contributed by atoms with E-state index in [-0.39, 0.29) is 11.3 Å². The zero-order valence-corrected chi connectivity index (χ0v) is 18.0. The molecule has 0 unspecified atom stereocenters. The van der Waals surface area contributed by atoms with Gasteiger partial charge < -0.3 is 14.9 Å². The normalized spacial score (nSPS) is 10.7. The lowest BCUT2D eigenvalue weighted by Gasteiger charge is -2.12. The summed E-state index contributed by atoms with van der Waals surface area (Å²) in [5, 5.41) is 19.1. The van der Waals surface area contributed by atoms with Crippen LogP contribution in [0, 0.1) is 0 Å². The maximum Gasteiger partial charge on any atom is 0.336 e. The van der Waals surface area contributed by atoms with Gasteiger partial charge in [-0.25, -0.2) is 4.79 Å². The number of carbonyl (C=O) groups is 1. The molecule has 0 saturated heterocycles. The number of phenols is 1. The lowest BCUT2D eigenvalue weighted by molar-refractivity contribution is 0.0697. The highest BCUT2D eigenvalue weighted by Crippen LogP contribution is 2.31. The Hall–Kier alpha value is -3.27. The number of aromatic hydroxyl groups is 1. The molecule has 0 aliphatic carbocycles. The zero-order valence-electron chi connectivity index (χ0n) is 18.0. The van der Waals surface area contributed by atoms with Gasteiger partial charge in [0.05, 0.1) is 12.2 Å². The minimum absolute atomic E-state index is 0.226. The van der Waals surface area contributed by atoms with Gasteiger partial charge in [0.2, 0.25) is 0 Å². The maximum absolute atomic E-state index is 11.7. The molecule has 0 spiro atoms. The first-order chi connectivity index (χ1) is 15.1. The van der Waals surface area contributed by atoms with Crippen LogP contribution in [0.3, 0.4) is 0 Å². The van der Waals surface area contributed by atoms with Crippen LogP contribution in [0.25, 0.3) is 22.3 Å². The smallest absolute Gasteiger partial charge is 0.336 e. The van der Waals surface area contributed by atoms with Crippen molar-refractivity contribution < 1.29 is 19.7 Å². The van der Waals surface area contributed by atoms with E-state index in [2.05, 4.69) is 6.92 Å². The molecule has 0 radical (unpaired) electrons. The van der Waals surface area contributed by atoms with Crippen LogP contribution < -0.4 is 4.74 Å². The molecular weight excluding hydrogens is 388 g/mol. The number of ether oxygens (including phenoxy) is 1. The van der Waals surface area contributed by atoms with E-state index in [9.17, 15) is 15.0 Å². The van der Waals surface area contributed by atoms with E-state index in [0.29, 0.717) is 17.9 Å². The van der Waals surface area contributed by atoms with Crippen LogP contribution in [0.2, 0.25) is 0 Å². The van der Waals surface area contributed by atoms with Crippen molar-refractivity contribution in [3.8, 4) is 33.8 Å². The summed E-state index contributed by atoms with van der Waals surface area (Å²) >= 11 is 0. The van der Waals surface area contributed by atoms with Gasteiger partial charge >= 0.3 is 5.97 Å². The molecule has 2 N–H and O–H groups in total. The fourth-order valence-corrected chi connectivity index (χ4v) is 3.61. The third kappa shape index (κ3) is 6.35. The fraction of sp³-hybridized carbons (Fsp3) is 0.296. The average molecular weight is 419 g/mol. The van der Waals surface area contributed by atoms with E-state index < -0.39 is 5.97 Å². The summed E-state index contributed by atoms with van der Waals surface area (Å²) in [4.78, 5) is 11.7. The molecule has 0 aliphatic heterocycles. The van der Waals surface area contributed by atoms with Crippen molar-refractivity contribution in [2.75, 3.05) is 6.61 Å². The van der Waals surface area contributed by atoms with Gasteiger partial charge in [-0.15, -0.1) is 0 Å². The van der Waals surface area contributed by atoms with Gasteiger partial charge in [0, 0.05) is 0 Å². The summed E-state index contributed by atoms with van der Waals surface area (Å²) < 4.78 is 5.90. The molecule has 0 atom stereocenters. The number of carboxylic acid groups (broad SMARTS) is 1. The van der Waals surface area contributed by atoms with Crippen molar-refractivity contribution in [1.82, 2.24) is 0 Å². The molecule has 3 aromatic carbocycles. The third-order valence-corrected chi connectivity index (χ3v) is 5.38. The Labute approximate surface area is 184 Å². The molecule has 3 aromatic rings. The van der Waals surface area contributed by atoms with E-state index in [1.54, 1.807) is 24.3 Å². The van der Waals surface area contributed by atoms with Crippen LogP contribution in [-0.4, -0.2) is 22.8 Å². The van der Waals surface area contributed by atoms with Crippen LogP contribution in [0.15, 0.2) is 66.7 Å².